The summed E-state index contributed by atoms with van der Waals surface area (Å²) in [4.78, 5) is 19.3. The third-order valence-corrected chi connectivity index (χ3v) is 5.03. The molecule has 0 bridgehead atoms. The zero-order valence-corrected chi connectivity index (χ0v) is 16.9. The van der Waals surface area contributed by atoms with Crippen LogP contribution in [-0.2, 0) is 17.6 Å². The zero-order valence-electron chi connectivity index (χ0n) is 16.1. The zero-order chi connectivity index (χ0) is 18.4. The predicted molar refractivity (Wildman–Crippen MR) is 112 cm³/mol. The van der Waals surface area contributed by atoms with Gasteiger partial charge < -0.3 is 10.6 Å². The summed E-state index contributed by atoms with van der Waals surface area (Å²) < 4.78 is 0. The third-order valence-electron chi connectivity index (χ3n) is 5.03. The number of nitrogens with one attached hydrogen (secondary N) is 2. The molecule has 6 heteroatoms. The topological polar surface area (TPSA) is 57.3 Å². The third kappa shape index (κ3) is 5.28. The molecule has 1 saturated heterocycles. The van der Waals surface area contributed by atoms with Crippen LogP contribution in [0, 0.1) is 0 Å². The highest BCUT2D eigenvalue weighted by Gasteiger charge is 2.26. The fourth-order valence-corrected chi connectivity index (χ4v) is 3.60. The number of piperazine rings is 1. The number of pyridine rings is 1. The molecule has 1 fully saturated rings. The Balaban J connectivity index is 0.00000261. The standard InChI is InChI=1S/C21H28N4O.ClH/c1-3-16-7-5-8-17(4-2)21(16)24-20(26)15-25-12-11-23-14-19(25)18-9-6-10-22-13-18;/h5-10,13,19,23H,3-4,11-12,14-15H2,1-2H3,(H,24,26);1H. The summed E-state index contributed by atoms with van der Waals surface area (Å²) in [7, 11) is 0. The molecule has 2 heterocycles. The fourth-order valence-electron chi connectivity index (χ4n) is 3.60. The molecule has 2 N–H and O–H groups in total. The molecule has 1 atom stereocenters. The lowest BCUT2D eigenvalue weighted by molar-refractivity contribution is -0.118. The molecule has 5 nitrogen and oxygen atoms in total. The van der Waals surface area contributed by atoms with E-state index >= 15 is 0 Å². The molecule has 0 spiro atoms. The van der Waals surface area contributed by atoms with Crippen molar-refractivity contribution >= 4 is 24.0 Å². The highest BCUT2D eigenvalue weighted by Crippen LogP contribution is 2.24. The Labute approximate surface area is 168 Å². The molecule has 1 aromatic carbocycles. The quantitative estimate of drug-likeness (QED) is 0.797. The summed E-state index contributed by atoms with van der Waals surface area (Å²) in [6.07, 6.45) is 5.50. The summed E-state index contributed by atoms with van der Waals surface area (Å²) in [5.41, 5.74) is 4.54. The van der Waals surface area contributed by atoms with E-state index in [-0.39, 0.29) is 24.4 Å². The van der Waals surface area contributed by atoms with Gasteiger partial charge in [0, 0.05) is 43.8 Å². The highest BCUT2D eigenvalue weighted by molar-refractivity contribution is 5.94. The van der Waals surface area contributed by atoms with E-state index in [0.29, 0.717) is 6.54 Å². The smallest absolute Gasteiger partial charge is 0.238 e. The number of hydrogen-bond donors (Lipinski definition) is 2. The normalized spacial score (nSPS) is 17.2. The second-order valence-corrected chi connectivity index (χ2v) is 6.68. The Bertz CT molecular complexity index is 716. The van der Waals surface area contributed by atoms with Gasteiger partial charge in [-0.2, -0.15) is 0 Å². The lowest BCUT2D eigenvalue weighted by Gasteiger charge is -2.35. The average Bonchev–Trinajstić information content (AvgIpc) is 2.69. The maximum atomic E-state index is 12.8. The number of hydrogen-bond acceptors (Lipinski definition) is 4. The number of carbonyl (C=O) groups excluding carboxylic acids is 1. The number of anilines is 1. The minimum atomic E-state index is 0. The maximum absolute atomic E-state index is 12.8. The molecule has 0 radical (unpaired) electrons. The van der Waals surface area contributed by atoms with Gasteiger partial charge in [0.2, 0.25) is 5.91 Å². The molecule has 1 unspecified atom stereocenters. The van der Waals surface area contributed by atoms with E-state index in [1.807, 2.05) is 12.3 Å². The number of carbonyl (C=O) groups is 1. The monoisotopic (exact) mass is 388 g/mol. The van der Waals surface area contributed by atoms with Crippen molar-refractivity contribution in [2.24, 2.45) is 0 Å². The van der Waals surface area contributed by atoms with Gasteiger partial charge in [0.1, 0.15) is 0 Å². The molecule has 0 aliphatic carbocycles. The first-order valence-electron chi connectivity index (χ1n) is 9.48. The summed E-state index contributed by atoms with van der Waals surface area (Å²) in [5, 5.41) is 6.61. The van der Waals surface area contributed by atoms with E-state index in [4.69, 9.17) is 0 Å². The van der Waals surface area contributed by atoms with Crippen LogP contribution in [0.2, 0.25) is 0 Å². The van der Waals surface area contributed by atoms with Crippen LogP contribution in [0.5, 0.6) is 0 Å². The molecule has 1 aromatic heterocycles. The molecular weight excluding hydrogens is 360 g/mol. The van der Waals surface area contributed by atoms with Crippen LogP contribution in [0.25, 0.3) is 0 Å². The molecule has 27 heavy (non-hydrogen) atoms. The van der Waals surface area contributed by atoms with Crippen LogP contribution in [0.4, 0.5) is 5.69 Å². The van der Waals surface area contributed by atoms with Crippen molar-refractivity contribution in [3.63, 3.8) is 0 Å². The number of aromatic nitrogens is 1. The predicted octanol–water partition coefficient (Wildman–Crippen LogP) is 3.21. The summed E-state index contributed by atoms with van der Waals surface area (Å²) >= 11 is 0. The Morgan fingerprint density at radius 2 is 1.96 bits per heavy atom. The van der Waals surface area contributed by atoms with E-state index in [9.17, 15) is 4.79 Å². The van der Waals surface area contributed by atoms with Crippen molar-refractivity contribution in [2.75, 3.05) is 31.5 Å². The molecule has 2 aromatic rings. The van der Waals surface area contributed by atoms with E-state index < -0.39 is 0 Å². The Morgan fingerprint density at radius 3 is 2.59 bits per heavy atom. The van der Waals surface area contributed by atoms with Crippen LogP contribution < -0.4 is 10.6 Å². The Hall–Kier alpha value is -1.95. The van der Waals surface area contributed by atoms with Crippen LogP contribution in [0.3, 0.4) is 0 Å². The minimum absolute atomic E-state index is 0. The van der Waals surface area contributed by atoms with Gasteiger partial charge >= 0.3 is 0 Å². The Morgan fingerprint density at radius 1 is 1.22 bits per heavy atom. The first-order valence-corrected chi connectivity index (χ1v) is 9.48. The van der Waals surface area contributed by atoms with Gasteiger partial charge in [0.05, 0.1) is 6.54 Å². The van der Waals surface area contributed by atoms with E-state index in [1.54, 1.807) is 6.20 Å². The second kappa shape index (κ2) is 10.4. The van der Waals surface area contributed by atoms with Gasteiger partial charge in [-0.1, -0.05) is 38.1 Å². The van der Waals surface area contributed by atoms with Gasteiger partial charge in [-0.3, -0.25) is 14.7 Å². The lowest BCUT2D eigenvalue weighted by atomic mass is 10.0. The number of benzene rings is 1. The number of halogens is 1. The summed E-state index contributed by atoms with van der Waals surface area (Å²) in [6, 6.07) is 10.5. The van der Waals surface area contributed by atoms with Gasteiger partial charge in [0.25, 0.3) is 0 Å². The van der Waals surface area contributed by atoms with Crippen molar-refractivity contribution in [1.82, 2.24) is 15.2 Å². The van der Waals surface area contributed by atoms with Gasteiger partial charge in [-0.05, 0) is 35.6 Å². The number of para-hydroxylation sites is 1. The summed E-state index contributed by atoms with van der Waals surface area (Å²) in [5.74, 6) is 0.0522. The lowest BCUT2D eigenvalue weighted by Crippen LogP contribution is -2.48. The van der Waals surface area contributed by atoms with Gasteiger partial charge in [0.15, 0.2) is 0 Å². The fraction of sp³-hybridized carbons (Fsp3) is 0.429. The molecular formula is C21H29ClN4O. The van der Waals surface area contributed by atoms with E-state index in [1.165, 1.54) is 11.1 Å². The van der Waals surface area contributed by atoms with Gasteiger partial charge in [-0.25, -0.2) is 0 Å². The molecule has 146 valence electrons. The molecule has 0 saturated carbocycles. The van der Waals surface area contributed by atoms with Crippen molar-refractivity contribution in [3.8, 4) is 0 Å². The molecule has 1 aliphatic rings. The SMILES string of the molecule is CCc1cccc(CC)c1NC(=O)CN1CCNCC1c1cccnc1.Cl. The largest absolute Gasteiger partial charge is 0.324 e. The molecule has 3 rings (SSSR count). The first-order chi connectivity index (χ1) is 12.7. The van der Waals surface area contributed by atoms with E-state index in [2.05, 4.69) is 58.6 Å². The maximum Gasteiger partial charge on any atom is 0.238 e. The highest BCUT2D eigenvalue weighted by atomic mass is 35.5. The average molecular weight is 389 g/mol. The van der Waals surface area contributed by atoms with Crippen LogP contribution in [0.15, 0.2) is 42.7 Å². The van der Waals surface area contributed by atoms with Crippen molar-refractivity contribution in [1.29, 1.82) is 0 Å². The minimum Gasteiger partial charge on any atom is -0.324 e. The second-order valence-electron chi connectivity index (χ2n) is 6.68. The van der Waals surface area contributed by atoms with Crippen molar-refractivity contribution in [2.45, 2.75) is 32.7 Å². The van der Waals surface area contributed by atoms with Crippen LogP contribution in [-0.4, -0.2) is 42.0 Å². The van der Waals surface area contributed by atoms with Crippen molar-refractivity contribution < 1.29 is 4.79 Å². The first kappa shape index (κ1) is 21.4. The summed E-state index contributed by atoms with van der Waals surface area (Å²) in [6.45, 7) is 7.23. The van der Waals surface area contributed by atoms with Crippen molar-refractivity contribution in [3.05, 3.63) is 59.4 Å². The number of amides is 1. The van der Waals surface area contributed by atoms with Crippen LogP contribution >= 0.6 is 12.4 Å². The van der Waals surface area contributed by atoms with E-state index in [0.717, 1.165) is 43.7 Å². The Kier molecular flexibility index (Phi) is 8.23. The molecule has 1 aliphatic heterocycles. The van der Waals surface area contributed by atoms with Gasteiger partial charge in [-0.15, -0.1) is 12.4 Å². The number of rotatable bonds is 6. The molecule has 1 amide bonds. The van der Waals surface area contributed by atoms with Crippen LogP contribution in [0.1, 0.15) is 36.6 Å². The number of aryl methyl sites for hydroxylation is 2. The number of nitrogens with zero attached hydrogens (tertiary/aromatic N) is 2.